The molecule has 0 fully saturated rings. The molecule has 0 atom stereocenters. The number of nitrogens with one attached hydrogen (secondary N) is 1. The highest BCUT2D eigenvalue weighted by atomic mass is 16.5. The van der Waals surface area contributed by atoms with Gasteiger partial charge in [-0.3, -0.25) is 9.59 Å². The minimum atomic E-state index is -0.437. The van der Waals surface area contributed by atoms with Gasteiger partial charge < -0.3 is 29.0 Å². The summed E-state index contributed by atoms with van der Waals surface area (Å²) < 4.78 is 21.3. The first kappa shape index (κ1) is 21.7. The Hall–Kier alpha value is -4.01. The summed E-state index contributed by atoms with van der Waals surface area (Å²) in [6, 6.07) is 13.4. The third kappa shape index (κ3) is 5.33. The van der Waals surface area contributed by atoms with Crippen LogP contribution in [0.2, 0.25) is 0 Å². The normalized spacial score (nSPS) is 10.3. The molecule has 0 saturated carbocycles. The molecule has 0 aliphatic rings. The minimum absolute atomic E-state index is 0.0614. The van der Waals surface area contributed by atoms with Gasteiger partial charge in [0.05, 0.1) is 19.8 Å². The molecule has 0 radical (unpaired) electrons. The van der Waals surface area contributed by atoms with Crippen LogP contribution in [0.1, 0.15) is 10.5 Å². The van der Waals surface area contributed by atoms with E-state index in [1.54, 1.807) is 70.8 Å². The van der Waals surface area contributed by atoms with Gasteiger partial charge in [-0.15, -0.1) is 0 Å². The van der Waals surface area contributed by atoms with Gasteiger partial charge in [-0.2, -0.15) is 0 Å². The monoisotopic (exact) mass is 425 g/mol. The number of aromatic nitrogens is 1. The van der Waals surface area contributed by atoms with Crippen molar-refractivity contribution < 1.29 is 28.3 Å². The Morgan fingerprint density at radius 1 is 1.00 bits per heavy atom. The van der Waals surface area contributed by atoms with Crippen molar-refractivity contribution in [2.75, 3.05) is 40.2 Å². The second kappa shape index (κ2) is 9.66. The first-order chi connectivity index (χ1) is 14.9. The molecule has 1 N–H and O–H groups in total. The Morgan fingerprint density at radius 3 is 2.35 bits per heavy atom. The first-order valence-corrected chi connectivity index (χ1v) is 9.34. The summed E-state index contributed by atoms with van der Waals surface area (Å²) >= 11 is 0. The third-order valence-corrected chi connectivity index (χ3v) is 4.39. The van der Waals surface area contributed by atoms with Crippen LogP contribution < -0.4 is 19.5 Å². The molecule has 0 saturated heterocycles. The van der Waals surface area contributed by atoms with E-state index in [0.717, 1.165) is 0 Å². The van der Waals surface area contributed by atoms with Gasteiger partial charge in [0.2, 0.25) is 0 Å². The molecule has 2 amide bonds. The number of amides is 2. The van der Waals surface area contributed by atoms with Crippen molar-refractivity contribution in [1.29, 1.82) is 0 Å². The molecule has 0 aliphatic carbocycles. The zero-order chi connectivity index (χ0) is 22.4. The highest BCUT2D eigenvalue weighted by molar-refractivity contribution is 6.03. The number of hydrogen-bond donors (Lipinski definition) is 1. The average molecular weight is 425 g/mol. The summed E-state index contributed by atoms with van der Waals surface area (Å²) in [6.07, 6.45) is 0. The molecule has 1 heterocycles. The summed E-state index contributed by atoms with van der Waals surface area (Å²) in [4.78, 5) is 25.6. The van der Waals surface area contributed by atoms with Crippen LogP contribution in [0.3, 0.4) is 0 Å². The SMILES string of the molecule is COc1ccc(OC)c(-c2cc(C(=O)Nc3ccc(OCC(=O)N(C)C)cc3)no2)c1. The average Bonchev–Trinajstić information content (AvgIpc) is 3.28. The molecular weight excluding hydrogens is 402 g/mol. The number of benzene rings is 2. The van der Waals surface area contributed by atoms with Crippen LogP contribution in [0, 0.1) is 0 Å². The molecule has 0 unspecified atom stereocenters. The maximum absolute atomic E-state index is 12.5. The van der Waals surface area contributed by atoms with E-state index in [1.807, 2.05) is 0 Å². The smallest absolute Gasteiger partial charge is 0.277 e. The molecule has 2 aromatic carbocycles. The molecule has 0 spiro atoms. The van der Waals surface area contributed by atoms with Crippen LogP contribution in [0.4, 0.5) is 5.69 Å². The predicted octanol–water partition coefficient (Wildman–Crippen LogP) is 3.08. The van der Waals surface area contributed by atoms with E-state index in [4.69, 9.17) is 18.7 Å². The largest absolute Gasteiger partial charge is 0.497 e. The molecule has 9 heteroatoms. The zero-order valence-electron chi connectivity index (χ0n) is 17.7. The van der Waals surface area contributed by atoms with Gasteiger partial charge in [0.25, 0.3) is 11.8 Å². The second-order valence-corrected chi connectivity index (χ2v) is 6.70. The Morgan fingerprint density at radius 2 is 1.71 bits per heavy atom. The molecule has 3 rings (SSSR count). The van der Waals surface area contributed by atoms with Gasteiger partial charge in [0.1, 0.15) is 17.2 Å². The molecular formula is C22H23N3O6. The third-order valence-electron chi connectivity index (χ3n) is 4.39. The highest BCUT2D eigenvalue weighted by Gasteiger charge is 2.17. The minimum Gasteiger partial charge on any atom is -0.497 e. The number of nitrogens with zero attached hydrogens (tertiary/aromatic N) is 2. The van der Waals surface area contributed by atoms with E-state index >= 15 is 0 Å². The lowest BCUT2D eigenvalue weighted by Crippen LogP contribution is -2.27. The number of methoxy groups -OCH3 is 2. The first-order valence-electron chi connectivity index (χ1n) is 9.34. The molecule has 31 heavy (non-hydrogen) atoms. The maximum atomic E-state index is 12.5. The number of rotatable bonds is 8. The Balaban J connectivity index is 1.67. The zero-order valence-corrected chi connectivity index (χ0v) is 17.7. The Bertz CT molecular complexity index is 1060. The van der Waals surface area contributed by atoms with E-state index in [2.05, 4.69) is 10.5 Å². The molecule has 0 bridgehead atoms. The highest BCUT2D eigenvalue weighted by Crippen LogP contribution is 2.33. The summed E-state index contributed by atoms with van der Waals surface area (Å²) in [5.74, 6) is 1.48. The van der Waals surface area contributed by atoms with Crippen LogP contribution in [-0.4, -0.2) is 56.8 Å². The van der Waals surface area contributed by atoms with Crippen molar-refractivity contribution in [3.8, 4) is 28.6 Å². The molecule has 1 aromatic heterocycles. The fourth-order valence-corrected chi connectivity index (χ4v) is 2.62. The van der Waals surface area contributed by atoms with Gasteiger partial charge in [-0.05, 0) is 42.5 Å². The van der Waals surface area contributed by atoms with Crippen LogP contribution in [0.25, 0.3) is 11.3 Å². The van der Waals surface area contributed by atoms with Gasteiger partial charge in [0.15, 0.2) is 18.1 Å². The van der Waals surface area contributed by atoms with Crippen molar-refractivity contribution in [2.24, 2.45) is 0 Å². The van der Waals surface area contributed by atoms with E-state index in [0.29, 0.717) is 34.3 Å². The maximum Gasteiger partial charge on any atom is 0.277 e. The van der Waals surface area contributed by atoms with Gasteiger partial charge in [-0.1, -0.05) is 5.16 Å². The summed E-state index contributed by atoms with van der Waals surface area (Å²) in [6.45, 7) is -0.0614. The predicted molar refractivity (Wildman–Crippen MR) is 114 cm³/mol. The van der Waals surface area contributed by atoms with Gasteiger partial charge >= 0.3 is 0 Å². The topological polar surface area (TPSA) is 103 Å². The van der Waals surface area contributed by atoms with Crippen molar-refractivity contribution >= 4 is 17.5 Å². The van der Waals surface area contributed by atoms with Crippen molar-refractivity contribution in [1.82, 2.24) is 10.1 Å². The van der Waals surface area contributed by atoms with Crippen molar-refractivity contribution in [3.05, 3.63) is 54.2 Å². The molecule has 0 aliphatic heterocycles. The van der Waals surface area contributed by atoms with Crippen LogP contribution in [-0.2, 0) is 4.79 Å². The summed E-state index contributed by atoms with van der Waals surface area (Å²) in [5, 5.41) is 6.59. The lowest BCUT2D eigenvalue weighted by Gasteiger charge is -2.11. The molecule has 3 aromatic rings. The fourth-order valence-electron chi connectivity index (χ4n) is 2.62. The number of likely N-dealkylation sites (N-methyl/N-ethyl adjacent to an activating group) is 1. The number of carbonyl (C=O) groups is 2. The number of carbonyl (C=O) groups excluding carboxylic acids is 2. The van der Waals surface area contributed by atoms with E-state index in [9.17, 15) is 9.59 Å². The van der Waals surface area contributed by atoms with Gasteiger partial charge in [-0.25, -0.2) is 0 Å². The fraction of sp³-hybridized carbons (Fsp3) is 0.227. The molecule has 162 valence electrons. The van der Waals surface area contributed by atoms with Crippen LogP contribution in [0.15, 0.2) is 53.1 Å². The number of anilines is 1. The standard InChI is InChI=1S/C22H23N3O6/c1-25(2)21(26)13-30-15-7-5-14(6-8-15)23-22(27)18-12-20(31-24-18)17-11-16(28-3)9-10-19(17)29-4/h5-12H,13H2,1-4H3,(H,23,27). The van der Waals surface area contributed by atoms with E-state index in [-0.39, 0.29) is 18.2 Å². The lowest BCUT2D eigenvalue weighted by molar-refractivity contribution is -0.130. The quantitative estimate of drug-likeness (QED) is 0.592. The Kier molecular flexibility index (Phi) is 6.76. The number of ether oxygens (including phenoxy) is 3. The lowest BCUT2D eigenvalue weighted by atomic mass is 10.1. The summed E-state index contributed by atoms with van der Waals surface area (Å²) in [7, 11) is 6.41. The Labute approximate surface area is 179 Å². The molecule has 9 nitrogen and oxygen atoms in total. The van der Waals surface area contributed by atoms with E-state index < -0.39 is 5.91 Å². The van der Waals surface area contributed by atoms with Crippen molar-refractivity contribution in [2.45, 2.75) is 0 Å². The van der Waals surface area contributed by atoms with Crippen LogP contribution >= 0.6 is 0 Å². The number of hydrogen-bond acceptors (Lipinski definition) is 7. The second-order valence-electron chi connectivity index (χ2n) is 6.70. The summed E-state index contributed by atoms with van der Waals surface area (Å²) in [5.41, 5.74) is 1.26. The van der Waals surface area contributed by atoms with Crippen LogP contribution in [0.5, 0.6) is 17.2 Å². The van der Waals surface area contributed by atoms with Crippen molar-refractivity contribution in [3.63, 3.8) is 0 Å². The van der Waals surface area contributed by atoms with Gasteiger partial charge in [0, 0.05) is 25.8 Å². The van der Waals surface area contributed by atoms with E-state index in [1.165, 1.54) is 11.0 Å².